The molecule has 1 aromatic carbocycles. The Kier molecular flexibility index (Phi) is 4.42. The Labute approximate surface area is 73.1 Å². The van der Waals surface area contributed by atoms with E-state index in [1.807, 2.05) is 30.3 Å². The minimum Gasteiger partial charge on any atom is -0.382 e. The van der Waals surface area contributed by atoms with Gasteiger partial charge in [0.1, 0.15) is 6.61 Å². The van der Waals surface area contributed by atoms with Gasteiger partial charge in [0.05, 0.1) is 13.2 Å². The molecule has 1 aromatic rings. The normalized spacial score (nSPS) is 10.1. The fourth-order valence-corrected chi connectivity index (χ4v) is 0.818. The van der Waals surface area contributed by atoms with E-state index in [2.05, 4.69) is 0 Å². The first-order chi connectivity index (χ1) is 5.93. The van der Waals surface area contributed by atoms with Gasteiger partial charge in [-0.25, -0.2) is 0 Å². The zero-order valence-corrected chi connectivity index (χ0v) is 7.19. The summed E-state index contributed by atoms with van der Waals surface area (Å²) in [7, 11) is 1.66. The first-order valence-electron chi connectivity index (χ1n) is 3.92. The fraction of sp³-hybridized carbons (Fsp3) is 0.300. The van der Waals surface area contributed by atoms with Crippen LogP contribution < -0.4 is 0 Å². The van der Waals surface area contributed by atoms with E-state index in [0.717, 1.165) is 5.56 Å². The average molecular weight is 165 g/mol. The first-order valence-corrected chi connectivity index (χ1v) is 3.92. The minimum atomic E-state index is 0.603. The lowest BCUT2D eigenvalue weighted by atomic mass is 10.2. The number of rotatable bonds is 5. The summed E-state index contributed by atoms with van der Waals surface area (Å²) < 4.78 is 10.0. The van der Waals surface area contributed by atoms with Crippen molar-refractivity contribution in [3.63, 3.8) is 0 Å². The number of benzene rings is 1. The third kappa shape index (κ3) is 3.51. The van der Waals surface area contributed by atoms with Crippen LogP contribution in [0.5, 0.6) is 0 Å². The van der Waals surface area contributed by atoms with Gasteiger partial charge < -0.3 is 9.47 Å². The molecule has 0 unspecified atom stereocenters. The molecule has 0 aliphatic heterocycles. The average Bonchev–Trinajstić information content (AvgIpc) is 2.14. The molecular formula is C10H13O2. The highest BCUT2D eigenvalue weighted by Crippen LogP contribution is 2.01. The van der Waals surface area contributed by atoms with Crippen LogP contribution in [0.1, 0.15) is 5.56 Å². The summed E-state index contributed by atoms with van der Waals surface area (Å²) in [6.07, 6.45) is 0. The molecule has 0 aromatic heterocycles. The van der Waals surface area contributed by atoms with Gasteiger partial charge in [-0.3, -0.25) is 0 Å². The van der Waals surface area contributed by atoms with Gasteiger partial charge in [0.2, 0.25) is 0 Å². The van der Waals surface area contributed by atoms with Gasteiger partial charge in [0.15, 0.2) is 0 Å². The van der Waals surface area contributed by atoms with E-state index in [4.69, 9.17) is 9.47 Å². The fourth-order valence-electron chi connectivity index (χ4n) is 0.818. The Hall–Kier alpha value is -0.860. The second-order valence-corrected chi connectivity index (χ2v) is 2.39. The largest absolute Gasteiger partial charge is 0.382 e. The van der Waals surface area contributed by atoms with Crippen LogP contribution >= 0.6 is 0 Å². The molecule has 2 nitrogen and oxygen atoms in total. The van der Waals surface area contributed by atoms with Crippen LogP contribution in [-0.2, 0) is 9.47 Å². The zero-order chi connectivity index (χ0) is 8.65. The van der Waals surface area contributed by atoms with Crippen molar-refractivity contribution in [3.05, 3.63) is 42.5 Å². The molecule has 0 saturated carbocycles. The van der Waals surface area contributed by atoms with Crippen LogP contribution in [0.25, 0.3) is 0 Å². The molecule has 0 aliphatic carbocycles. The molecule has 0 N–H and O–H groups in total. The smallest absolute Gasteiger partial charge is 0.113 e. The maximum atomic E-state index is 5.21. The third-order valence-corrected chi connectivity index (χ3v) is 1.42. The summed E-state index contributed by atoms with van der Waals surface area (Å²) in [5.41, 5.74) is 1.08. The molecule has 1 rings (SSSR count). The Morgan fingerprint density at radius 1 is 1.17 bits per heavy atom. The van der Waals surface area contributed by atoms with Gasteiger partial charge in [-0.15, -0.1) is 0 Å². The van der Waals surface area contributed by atoms with Crippen LogP contribution in [-0.4, -0.2) is 20.3 Å². The quantitative estimate of drug-likeness (QED) is 0.620. The third-order valence-electron chi connectivity index (χ3n) is 1.42. The summed E-state index contributed by atoms with van der Waals surface area (Å²) in [6, 6.07) is 9.92. The number of ether oxygens (including phenoxy) is 2. The minimum absolute atomic E-state index is 0.603. The molecule has 0 spiro atoms. The van der Waals surface area contributed by atoms with Crippen molar-refractivity contribution in [2.24, 2.45) is 0 Å². The van der Waals surface area contributed by atoms with Gasteiger partial charge >= 0.3 is 0 Å². The Morgan fingerprint density at radius 3 is 2.58 bits per heavy atom. The van der Waals surface area contributed by atoms with Crippen molar-refractivity contribution < 1.29 is 9.47 Å². The predicted octanol–water partition coefficient (Wildman–Crippen LogP) is 1.86. The number of methoxy groups -OCH3 is 1. The van der Waals surface area contributed by atoms with E-state index < -0.39 is 0 Å². The molecule has 0 bridgehead atoms. The van der Waals surface area contributed by atoms with Gasteiger partial charge in [0.25, 0.3) is 0 Å². The van der Waals surface area contributed by atoms with Crippen molar-refractivity contribution >= 4 is 0 Å². The van der Waals surface area contributed by atoms with Crippen molar-refractivity contribution in [1.82, 2.24) is 0 Å². The summed E-state index contributed by atoms with van der Waals surface area (Å²) in [5, 5.41) is 0. The summed E-state index contributed by atoms with van der Waals surface area (Å²) in [6.45, 7) is 2.97. The second-order valence-electron chi connectivity index (χ2n) is 2.39. The zero-order valence-electron chi connectivity index (χ0n) is 7.19. The van der Waals surface area contributed by atoms with Crippen LogP contribution in [0.4, 0.5) is 0 Å². The van der Waals surface area contributed by atoms with Crippen molar-refractivity contribution in [1.29, 1.82) is 0 Å². The first kappa shape index (κ1) is 9.23. The summed E-state index contributed by atoms with van der Waals surface area (Å²) in [4.78, 5) is 0. The van der Waals surface area contributed by atoms with Crippen LogP contribution in [0.15, 0.2) is 30.3 Å². The van der Waals surface area contributed by atoms with Crippen molar-refractivity contribution in [2.45, 2.75) is 0 Å². The van der Waals surface area contributed by atoms with Crippen LogP contribution in [0.2, 0.25) is 0 Å². The maximum Gasteiger partial charge on any atom is 0.113 e. The van der Waals surface area contributed by atoms with E-state index >= 15 is 0 Å². The van der Waals surface area contributed by atoms with E-state index in [9.17, 15) is 0 Å². The molecule has 2 heteroatoms. The van der Waals surface area contributed by atoms with E-state index in [1.54, 1.807) is 13.7 Å². The monoisotopic (exact) mass is 165 g/mol. The van der Waals surface area contributed by atoms with Crippen LogP contribution in [0.3, 0.4) is 0 Å². The highest BCUT2D eigenvalue weighted by molar-refractivity contribution is 5.19. The lowest BCUT2D eigenvalue weighted by Gasteiger charge is -2.01. The standard InChI is InChI=1S/C10H13O2/c1-11-7-8-12-9-10-5-3-2-4-6-10/h2-6,9H,7-8H2,1H3. The number of hydrogen-bond donors (Lipinski definition) is 0. The number of hydrogen-bond acceptors (Lipinski definition) is 2. The van der Waals surface area contributed by atoms with E-state index in [-0.39, 0.29) is 0 Å². The van der Waals surface area contributed by atoms with Gasteiger partial charge in [-0.05, 0) is 5.56 Å². The highest BCUT2D eigenvalue weighted by atomic mass is 16.5. The van der Waals surface area contributed by atoms with E-state index in [1.165, 1.54) is 0 Å². The molecule has 0 amide bonds. The second kappa shape index (κ2) is 5.75. The van der Waals surface area contributed by atoms with Crippen LogP contribution in [0, 0.1) is 6.61 Å². The molecule has 12 heavy (non-hydrogen) atoms. The van der Waals surface area contributed by atoms with Crippen molar-refractivity contribution in [3.8, 4) is 0 Å². The lowest BCUT2D eigenvalue weighted by Crippen LogP contribution is -1.99. The maximum absolute atomic E-state index is 5.21. The SMILES string of the molecule is COCCO[CH]c1ccccc1. The Bertz CT molecular complexity index is 196. The van der Waals surface area contributed by atoms with E-state index in [0.29, 0.717) is 13.2 Å². The highest BCUT2D eigenvalue weighted by Gasteiger charge is 1.91. The molecule has 0 aliphatic rings. The summed E-state index contributed by atoms with van der Waals surface area (Å²) in [5.74, 6) is 0. The molecule has 0 fully saturated rings. The van der Waals surface area contributed by atoms with Crippen molar-refractivity contribution in [2.75, 3.05) is 20.3 Å². The summed E-state index contributed by atoms with van der Waals surface area (Å²) >= 11 is 0. The Balaban J connectivity index is 2.16. The molecule has 0 saturated heterocycles. The molecular weight excluding hydrogens is 152 g/mol. The van der Waals surface area contributed by atoms with Gasteiger partial charge in [0, 0.05) is 7.11 Å². The van der Waals surface area contributed by atoms with Gasteiger partial charge in [-0.1, -0.05) is 30.3 Å². The predicted molar refractivity (Wildman–Crippen MR) is 47.7 cm³/mol. The van der Waals surface area contributed by atoms with Gasteiger partial charge in [-0.2, -0.15) is 0 Å². The molecule has 0 atom stereocenters. The Morgan fingerprint density at radius 2 is 1.92 bits per heavy atom. The molecule has 0 heterocycles. The lowest BCUT2D eigenvalue weighted by molar-refractivity contribution is 0.109. The molecule has 65 valence electrons. The topological polar surface area (TPSA) is 18.5 Å². The molecule has 1 radical (unpaired) electrons.